The van der Waals surface area contributed by atoms with Gasteiger partial charge in [0.05, 0.1) is 6.61 Å². The third kappa shape index (κ3) is 2.19. The van der Waals surface area contributed by atoms with Crippen LogP contribution in [-0.2, 0) is 4.74 Å². The largest absolute Gasteiger partial charge is 0.395 e. The van der Waals surface area contributed by atoms with Gasteiger partial charge in [-0.25, -0.2) is 0 Å². The van der Waals surface area contributed by atoms with Gasteiger partial charge in [-0.15, -0.1) is 0 Å². The molecule has 2 rings (SSSR count). The second-order valence-corrected chi connectivity index (χ2v) is 5.42. The van der Waals surface area contributed by atoms with Crippen molar-refractivity contribution < 1.29 is 9.84 Å². The van der Waals surface area contributed by atoms with Gasteiger partial charge in [-0.05, 0) is 38.5 Å². The average Bonchev–Trinajstić information content (AvgIpc) is 2.58. The summed E-state index contributed by atoms with van der Waals surface area (Å²) in [6.45, 7) is 7.72. The standard InChI is InChI=1S/C12H23NO2/c1-10(2)13-9-12(7-11(13)8-14)3-5-15-6-4-12/h10-11,14H,3-9H2,1-2H3. The molecule has 0 bridgehead atoms. The van der Waals surface area contributed by atoms with E-state index < -0.39 is 0 Å². The van der Waals surface area contributed by atoms with Crippen LogP contribution in [0.5, 0.6) is 0 Å². The zero-order valence-corrected chi connectivity index (χ0v) is 9.91. The number of rotatable bonds is 2. The minimum Gasteiger partial charge on any atom is -0.395 e. The lowest BCUT2D eigenvalue weighted by Gasteiger charge is -2.33. The summed E-state index contributed by atoms with van der Waals surface area (Å²) in [6.07, 6.45) is 3.50. The van der Waals surface area contributed by atoms with Crippen molar-refractivity contribution in [1.82, 2.24) is 4.90 Å². The first-order valence-corrected chi connectivity index (χ1v) is 6.11. The molecule has 0 radical (unpaired) electrons. The summed E-state index contributed by atoms with van der Waals surface area (Å²) < 4.78 is 5.44. The van der Waals surface area contributed by atoms with Crippen LogP contribution in [-0.4, -0.2) is 48.5 Å². The zero-order valence-electron chi connectivity index (χ0n) is 9.91. The van der Waals surface area contributed by atoms with Gasteiger partial charge < -0.3 is 9.84 Å². The van der Waals surface area contributed by atoms with Crippen LogP contribution in [0.4, 0.5) is 0 Å². The summed E-state index contributed by atoms with van der Waals surface area (Å²) in [7, 11) is 0. The number of ether oxygens (including phenoxy) is 1. The van der Waals surface area contributed by atoms with Gasteiger partial charge in [-0.1, -0.05) is 0 Å². The maximum Gasteiger partial charge on any atom is 0.0587 e. The van der Waals surface area contributed by atoms with Gasteiger partial charge in [0.2, 0.25) is 0 Å². The minimum absolute atomic E-state index is 0.306. The first-order chi connectivity index (χ1) is 7.17. The molecule has 1 spiro atoms. The predicted octanol–water partition coefficient (Wildman–Crippen LogP) is 1.26. The number of likely N-dealkylation sites (tertiary alicyclic amines) is 1. The van der Waals surface area contributed by atoms with E-state index in [0.29, 0.717) is 24.1 Å². The molecule has 2 aliphatic rings. The number of aliphatic hydroxyl groups excluding tert-OH is 1. The Labute approximate surface area is 92.4 Å². The topological polar surface area (TPSA) is 32.7 Å². The van der Waals surface area contributed by atoms with Gasteiger partial charge in [0.25, 0.3) is 0 Å². The second-order valence-electron chi connectivity index (χ2n) is 5.42. The number of hydrogen-bond acceptors (Lipinski definition) is 3. The predicted molar refractivity (Wildman–Crippen MR) is 59.8 cm³/mol. The molecule has 2 aliphatic heterocycles. The van der Waals surface area contributed by atoms with Crippen molar-refractivity contribution in [3.05, 3.63) is 0 Å². The Kier molecular flexibility index (Phi) is 3.33. The van der Waals surface area contributed by atoms with Crippen LogP contribution in [0.15, 0.2) is 0 Å². The molecular formula is C12H23NO2. The molecule has 1 unspecified atom stereocenters. The van der Waals surface area contributed by atoms with Gasteiger partial charge in [-0.2, -0.15) is 0 Å². The SMILES string of the molecule is CC(C)N1CC2(CCOCC2)CC1CO. The van der Waals surface area contributed by atoms with Gasteiger partial charge in [-0.3, -0.25) is 4.90 Å². The number of aliphatic hydroxyl groups is 1. The minimum atomic E-state index is 0.306. The Morgan fingerprint density at radius 1 is 1.40 bits per heavy atom. The molecule has 0 saturated carbocycles. The van der Waals surface area contributed by atoms with E-state index >= 15 is 0 Å². The maximum atomic E-state index is 9.43. The van der Waals surface area contributed by atoms with E-state index in [1.807, 2.05) is 0 Å². The van der Waals surface area contributed by atoms with E-state index in [1.165, 1.54) is 12.8 Å². The van der Waals surface area contributed by atoms with Gasteiger partial charge in [0, 0.05) is 31.8 Å². The van der Waals surface area contributed by atoms with E-state index in [9.17, 15) is 5.11 Å². The van der Waals surface area contributed by atoms with Crippen LogP contribution in [0, 0.1) is 5.41 Å². The van der Waals surface area contributed by atoms with Crippen molar-refractivity contribution in [2.24, 2.45) is 5.41 Å². The average molecular weight is 213 g/mol. The third-order valence-corrected chi connectivity index (χ3v) is 4.08. The molecule has 0 aromatic carbocycles. The highest BCUT2D eigenvalue weighted by Gasteiger charge is 2.44. The van der Waals surface area contributed by atoms with Crippen molar-refractivity contribution in [2.75, 3.05) is 26.4 Å². The smallest absolute Gasteiger partial charge is 0.0587 e. The van der Waals surface area contributed by atoms with Crippen LogP contribution in [0.3, 0.4) is 0 Å². The third-order valence-electron chi connectivity index (χ3n) is 4.08. The number of hydrogen-bond donors (Lipinski definition) is 1. The van der Waals surface area contributed by atoms with Crippen LogP contribution in [0.1, 0.15) is 33.1 Å². The first kappa shape index (κ1) is 11.4. The monoisotopic (exact) mass is 213 g/mol. The molecule has 2 heterocycles. The van der Waals surface area contributed by atoms with Crippen LogP contribution < -0.4 is 0 Å². The molecule has 88 valence electrons. The lowest BCUT2D eigenvalue weighted by Crippen LogP contribution is -2.39. The van der Waals surface area contributed by atoms with Crippen molar-refractivity contribution in [3.8, 4) is 0 Å². The van der Waals surface area contributed by atoms with Crippen molar-refractivity contribution in [2.45, 2.75) is 45.2 Å². The van der Waals surface area contributed by atoms with E-state index in [1.54, 1.807) is 0 Å². The fourth-order valence-corrected chi connectivity index (χ4v) is 3.14. The summed E-state index contributed by atoms with van der Waals surface area (Å²) >= 11 is 0. The molecule has 15 heavy (non-hydrogen) atoms. The molecule has 1 atom stereocenters. The lowest BCUT2D eigenvalue weighted by atomic mass is 9.78. The van der Waals surface area contributed by atoms with Crippen LogP contribution in [0.25, 0.3) is 0 Å². The molecule has 0 aliphatic carbocycles. The lowest BCUT2D eigenvalue weighted by molar-refractivity contribution is 0.0179. The van der Waals surface area contributed by atoms with Crippen LogP contribution in [0.2, 0.25) is 0 Å². The Hall–Kier alpha value is -0.120. The quantitative estimate of drug-likeness (QED) is 0.749. The molecule has 0 aromatic heterocycles. The molecular weight excluding hydrogens is 190 g/mol. The van der Waals surface area contributed by atoms with Crippen LogP contribution >= 0.6 is 0 Å². The fraction of sp³-hybridized carbons (Fsp3) is 1.00. The molecule has 3 heteroatoms. The highest BCUT2D eigenvalue weighted by Crippen LogP contribution is 2.43. The Morgan fingerprint density at radius 3 is 2.53 bits per heavy atom. The van der Waals surface area contributed by atoms with Gasteiger partial charge >= 0.3 is 0 Å². The summed E-state index contributed by atoms with van der Waals surface area (Å²) in [5.41, 5.74) is 0.440. The highest BCUT2D eigenvalue weighted by atomic mass is 16.5. The van der Waals surface area contributed by atoms with E-state index in [-0.39, 0.29) is 0 Å². The second kappa shape index (κ2) is 4.40. The Morgan fingerprint density at radius 2 is 2.07 bits per heavy atom. The van der Waals surface area contributed by atoms with Crippen molar-refractivity contribution >= 4 is 0 Å². The fourth-order valence-electron chi connectivity index (χ4n) is 3.14. The van der Waals surface area contributed by atoms with E-state index in [2.05, 4.69) is 18.7 Å². The first-order valence-electron chi connectivity index (χ1n) is 6.11. The van der Waals surface area contributed by atoms with Gasteiger partial charge in [0.1, 0.15) is 0 Å². The van der Waals surface area contributed by atoms with Crippen molar-refractivity contribution in [1.29, 1.82) is 0 Å². The highest BCUT2D eigenvalue weighted by molar-refractivity contribution is 4.97. The number of nitrogens with zero attached hydrogens (tertiary/aromatic N) is 1. The summed E-state index contributed by atoms with van der Waals surface area (Å²) in [4.78, 5) is 2.46. The summed E-state index contributed by atoms with van der Waals surface area (Å²) in [6, 6.07) is 0.924. The summed E-state index contributed by atoms with van der Waals surface area (Å²) in [5.74, 6) is 0. The Bertz CT molecular complexity index is 212. The molecule has 2 fully saturated rings. The van der Waals surface area contributed by atoms with E-state index in [0.717, 1.165) is 26.2 Å². The maximum absolute atomic E-state index is 9.43. The molecule has 0 aromatic rings. The molecule has 0 amide bonds. The molecule has 3 nitrogen and oxygen atoms in total. The normalized spacial score (nSPS) is 31.6. The molecule has 1 N–H and O–H groups in total. The Balaban J connectivity index is 2.05. The van der Waals surface area contributed by atoms with Gasteiger partial charge in [0.15, 0.2) is 0 Å². The zero-order chi connectivity index (χ0) is 10.9. The summed E-state index contributed by atoms with van der Waals surface area (Å²) in [5, 5.41) is 9.43. The van der Waals surface area contributed by atoms with Crippen molar-refractivity contribution in [3.63, 3.8) is 0 Å². The van der Waals surface area contributed by atoms with E-state index in [4.69, 9.17) is 4.74 Å². The molecule has 2 saturated heterocycles.